The lowest BCUT2D eigenvalue weighted by Crippen LogP contribution is -2.36. The molecule has 0 saturated carbocycles. The van der Waals surface area contributed by atoms with Gasteiger partial charge in [-0.05, 0) is 6.92 Å². The van der Waals surface area contributed by atoms with E-state index in [9.17, 15) is 0 Å². The summed E-state index contributed by atoms with van der Waals surface area (Å²) in [6, 6.07) is 0. The number of aliphatic imine (C=N–C) groups is 1. The monoisotopic (exact) mass is 273 g/mol. The summed E-state index contributed by atoms with van der Waals surface area (Å²) >= 11 is 0. The van der Waals surface area contributed by atoms with Gasteiger partial charge in [0.2, 0.25) is 11.7 Å². The second-order valence-electron chi connectivity index (χ2n) is 4.96. The van der Waals surface area contributed by atoms with E-state index < -0.39 is 5.79 Å². The Bertz CT molecular complexity index is 649. The summed E-state index contributed by atoms with van der Waals surface area (Å²) in [5.41, 5.74) is 2.63. The summed E-state index contributed by atoms with van der Waals surface area (Å²) in [7, 11) is 0. The topological polar surface area (TPSA) is 85.3 Å². The smallest absolute Gasteiger partial charge is 0.245 e. The van der Waals surface area contributed by atoms with Crippen molar-refractivity contribution in [3.63, 3.8) is 0 Å². The lowest BCUT2D eigenvalue weighted by molar-refractivity contribution is -0.180. The van der Waals surface area contributed by atoms with Gasteiger partial charge >= 0.3 is 0 Å². The lowest BCUT2D eigenvalue weighted by Gasteiger charge is -2.33. The van der Waals surface area contributed by atoms with Crippen LogP contribution in [0.25, 0.3) is 0 Å². The number of nitrogens with zero attached hydrogens (tertiary/aromatic N) is 4. The van der Waals surface area contributed by atoms with Crippen molar-refractivity contribution in [1.29, 1.82) is 0 Å². The molecule has 0 saturated heterocycles. The third-order valence-electron chi connectivity index (χ3n) is 2.99. The fourth-order valence-electron chi connectivity index (χ4n) is 1.96. The number of aryl methyl sites for hydroxylation is 1. The van der Waals surface area contributed by atoms with Gasteiger partial charge in [0.05, 0.1) is 12.3 Å². The van der Waals surface area contributed by atoms with Gasteiger partial charge < -0.3 is 9.47 Å². The lowest BCUT2D eigenvalue weighted by atomic mass is 10.1. The first-order chi connectivity index (χ1) is 9.55. The third kappa shape index (κ3) is 2.39. The maximum atomic E-state index is 5.85. The minimum atomic E-state index is -0.639. The molecule has 7 heteroatoms. The van der Waals surface area contributed by atoms with Gasteiger partial charge in [-0.1, -0.05) is 0 Å². The zero-order valence-corrected chi connectivity index (χ0v) is 11.5. The highest BCUT2D eigenvalue weighted by Gasteiger charge is 2.30. The van der Waals surface area contributed by atoms with Gasteiger partial charge in [0.15, 0.2) is 5.75 Å². The van der Waals surface area contributed by atoms with Crippen molar-refractivity contribution in [2.24, 2.45) is 4.99 Å². The summed E-state index contributed by atoms with van der Waals surface area (Å²) in [6.45, 7) is 6.14. The molecule has 104 valence electrons. The second kappa shape index (κ2) is 4.68. The summed E-state index contributed by atoms with van der Waals surface area (Å²) in [5, 5.41) is 6.41. The van der Waals surface area contributed by atoms with Crippen LogP contribution < -0.4 is 4.74 Å². The normalized spacial score (nSPS) is 16.9. The number of aromatic nitrogens is 4. The number of aromatic amines is 1. The van der Waals surface area contributed by atoms with Gasteiger partial charge in [-0.3, -0.25) is 4.98 Å². The van der Waals surface area contributed by atoms with E-state index in [0.717, 1.165) is 22.6 Å². The largest absolute Gasteiger partial charge is 0.461 e. The Labute approximate surface area is 116 Å². The number of rotatable bonds is 2. The molecule has 0 spiro atoms. The molecular formula is C13H15N5O2. The highest BCUT2D eigenvalue weighted by molar-refractivity contribution is 5.84. The fraction of sp³-hybridized carbons (Fsp3) is 0.385. The van der Waals surface area contributed by atoms with E-state index >= 15 is 0 Å². The molecule has 1 aliphatic heterocycles. The first-order valence-corrected chi connectivity index (χ1v) is 6.26. The minimum absolute atomic E-state index is 0.442. The van der Waals surface area contributed by atoms with Crippen LogP contribution in [0.3, 0.4) is 0 Å². The molecule has 3 rings (SSSR count). The zero-order valence-electron chi connectivity index (χ0n) is 11.5. The van der Waals surface area contributed by atoms with Gasteiger partial charge in [0.25, 0.3) is 0 Å². The van der Waals surface area contributed by atoms with Crippen LogP contribution in [0.5, 0.6) is 5.75 Å². The molecule has 2 aromatic heterocycles. The predicted molar refractivity (Wildman–Crippen MR) is 72.1 cm³/mol. The molecule has 20 heavy (non-hydrogen) atoms. The highest BCUT2D eigenvalue weighted by Crippen LogP contribution is 2.34. The molecule has 0 aromatic carbocycles. The van der Waals surface area contributed by atoms with Crippen molar-refractivity contribution < 1.29 is 9.47 Å². The minimum Gasteiger partial charge on any atom is -0.461 e. The van der Waals surface area contributed by atoms with E-state index in [1.165, 1.54) is 6.33 Å². The van der Waals surface area contributed by atoms with E-state index in [0.29, 0.717) is 12.6 Å². The summed E-state index contributed by atoms with van der Waals surface area (Å²) in [5.74, 6) is 0.570. The van der Waals surface area contributed by atoms with Crippen LogP contribution in [-0.2, 0) is 11.3 Å². The van der Waals surface area contributed by atoms with Crippen molar-refractivity contribution in [2.75, 3.05) is 0 Å². The summed E-state index contributed by atoms with van der Waals surface area (Å²) < 4.78 is 11.5. The number of nitrogens with one attached hydrogen (secondary N) is 1. The Morgan fingerprint density at radius 1 is 1.40 bits per heavy atom. The van der Waals surface area contributed by atoms with Crippen molar-refractivity contribution in [1.82, 2.24) is 20.2 Å². The molecule has 2 aromatic rings. The standard InChI is InChI=1S/C13H15N5O2/c1-8-11-10(6-19-13(2,3)20-11)9(4-14-8)5-15-12-16-7-17-18-12/h4-5,7H,6H2,1-3H3,(H,16,17,18)/b15-5+. The molecular weight excluding hydrogens is 258 g/mol. The first-order valence-electron chi connectivity index (χ1n) is 6.26. The van der Waals surface area contributed by atoms with Crippen molar-refractivity contribution >= 4 is 12.2 Å². The SMILES string of the molecule is Cc1ncc(/C=N/c2ncn[nH]2)c2c1OC(C)(C)OC2. The Hall–Kier alpha value is -2.28. The van der Waals surface area contributed by atoms with Gasteiger partial charge in [-0.25, -0.2) is 10.1 Å². The van der Waals surface area contributed by atoms with Gasteiger partial charge in [-0.2, -0.15) is 10.1 Å². The zero-order chi connectivity index (χ0) is 14.2. The fourth-order valence-corrected chi connectivity index (χ4v) is 1.96. The van der Waals surface area contributed by atoms with Crippen LogP contribution in [0.1, 0.15) is 30.7 Å². The Morgan fingerprint density at radius 2 is 2.25 bits per heavy atom. The Kier molecular flexibility index (Phi) is 2.98. The summed E-state index contributed by atoms with van der Waals surface area (Å²) in [6.07, 6.45) is 4.83. The maximum Gasteiger partial charge on any atom is 0.245 e. The molecule has 3 heterocycles. The summed E-state index contributed by atoms with van der Waals surface area (Å²) in [4.78, 5) is 12.5. The molecule has 1 N–H and O–H groups in total. The number of hydrogen-bond donors (Lipinski definition) is 1. The van der Waals surface area contributed by atoms with Gasteiger partial charge in [-0.15, -0.1) is 0 Å². The molecule has 0 unspecified atom stereocenters. The van der Waals surface area contributed by atoms with Crippen LogP contribution in [0.2, 0.25) is 0 Å². The number of hydrogen-bond acceptors (Lipinski definition) is 6. The highest BCUT2D eigenvalue weighted by atomic mass is 16.7. The van der Waals surface area contributed by atoms with Crippen molar-refractivity contribution in [2.45, 2.75) is 33.2 Å². The Morgan fingerprint density at radius 3 is 3.00 bits per heavy atom. The van der Waals surface area contributed by atoms with Gasteiger partial charge in [0, 0.05) is 37.4 Å². The molecule has 1 aliphatic rings. The van der Waals surface area contributed by atoms with E-state index in [1.54, 1.807) is 12.4 Å². The van der Waals surface area contributed by atoms with Crippen molar-refractivity contribution in [3.8, 4) is 5.75 Å². The number of H-pyrrole nitrogens is 1. The molecule has 0 bridgehead atoms. The number of ether oxygens (including phenoxy) is 2. The first kappa shape index (κ1) is 12.7. The van der Waals surface area contributed by atoms with E-state index in [-0.39, 0.29) is 0 Å². The van der Waals surface area contributed by atoms with E-state index in [1.807, 2.05) is 20.8 Å². The second-order valence-corrected chi connectivity index (χ2v) is 4.96. The predicted octanol–water partition coefficient (Wildman–Crippen LogP) is 1.90. The molecule has 0 radical (unpaired) electrons. The number of fused-ring (bicyclic) bond motifs is 1. The third-order valence-corrected chi connectivity index (χ3v) is 2.99. The Balaban J connectivity index is 1.98. The van der Waals surface area contributed by atoms with Crippen LogP contribution in [-0.4, -0.2) is 32.2 Å². The number of pyridine rings is 1. The van der Waals surface area contributed by atoms with Crippen LogP contribution in [0.15, 0.2) is 17.5 Å². The van der Waals surface area contributed by atoms with E-state index in [4.69, 9.17) is 9.47 Å². The maximum absolute atomic E-state index is 5.85. The van der Waals surface area contributed by atoms with Crippen LogP contribution >= 0.6 is 0 Å². The average molecular weight is 273 g/mol. The average Bonchev–Trinajstić information content (AvgIpc) is 2.91. The van der Waals surface area contributed by atoms with Gasteiger partial charge in [0.1, 0.15) is 6.33 Å². The molecule has 0 amide bonds. The molecule has 0 fully saturated rings. The van der Waals surface area contributed by atoms with Crippen molar-refractivity contribution in [3.05, 3.63) is 29.3 Å². The van der Waals surface area contributed by atoms with Crippen LogP contribution in [0, 0.1) is 6.92 Å². The molecule has 7 nitrogen and oxygen atoms in total. The molecule has 0 atom stereocenters. The van der Waals surface area contributed by atoms with Crippen LogP contribution in [0.4, 0.5) is 5.95 Å². The molecule has 0 aliphatic carbocycles. The quantitative estimate of drug-likeness (QED) is 0.845. The van der Waals surface area contributed by atoms with E-state index in [2.05, 4.69) is 25.2 Å².